The minimum Gasteiger partial charge on any atom is -0.353 e. The lowest BCUT2D eigenvalue weighted by Gasteiger charge is -2.32. The van der Waals surface area contributed by atoms with Crippen LogP contribution in [0.3, 0.4) is 0 Å². The first kappa shape index (κ1) is 18.2. The van der Waals surface area contributed by atoms with Crippen LogP contribution in [-0.4, -0.2) is 39.7 Å². The van der Waals surface area contributed by atoms with E-state index in [-0.39, 0.29) is 17.6 Å². The molecular weight excluding hydrogens is 343 g/mol. The summed E-state index contributed by atoms with van der Waals surface area (Å²) in [6.45, 7) is 4.82. The number of aryl methyl sites for hydroxylation is 1. The summed E-state index contributed by atoms with van der Waals surface area (Å²) in [6.07, 6.45) is 2.99. The smallest absolute Gasteiger partial charge is 0.223 e. The van der Waals surface area contributed by atoms with Crippen LogP contribution in [0.2, 0.25) is 0 Å². The molecule has 0 spiro atoms. The molecule has 1 saturated carbocycles. The summed E-state index contributed by atoms with van der Waals surface area (Å²) >= 11 is 0. The van der Waals surface area contributed by atoms with E-state index in [2.05, 4.69) is 22.2 Å². The van der Waals surface area contributed by atoms with Gasteiger partial charge in [0.05, 0.1) is 11.4 Å². The zero-order valence-electron chi connectivity index (χ0n) is 16.0. The average molecular weight is 370 g/mol. The number of nitrogens with zero attached hydrogens (tertiary/aromatic N) is 3. The van der Waals surface area contributed by atoms with Crippen molar-refractivity contribution in [3.63, 3.8) is 0 Å². The monoisotopic (exact) mass is 370 g/mol. The number of benzene rings is 1. The molecule has 2 aliphatic rings. The van der Waals surface area contributed by atoms with Gasteiger partial charge in [0.1, 0.15) is 5.82 Å². The SMILES string of the molecule is C[C@H]1C[C@H]1C(=O)NC1CCN(Cc2cc(-c3ccccc3F)nn2C)CC1. The van der Waals surface area contributed by atoms with Crippen molar-refractivity contribution in [3.8, 4) is 11.3 Å². The van der Waals surface area contributed by atoms with Gasteiger partial charge < -0.3 is 5.32 Å². The third-order valence-corrected chi connectivity index (χ3v) is 5.89. The van der Waals surface area contributed by atoms with Crippen molar-refractivity contribution in [2.45, 2.75) is 38.8 Å². The van der Waals surface area contributed by atoms with Gasteiger partial charge in [0.25, 0.3) is 0 Å². The molecule has 0 radical (unpaired) electrons. The molecule has 144 valence electrons. The van der Waals surface area contributed by atoms with Crippen molar-refractivity contribution in [3.05, 3.63) is 41.8 Å². The largest absolute Gasteiger partial charge is 0.353 e. The van der Waals surface area contributed by atoms with Gasteiger partial charge in [-0.15, -0.1) is 0 Å². The Kier molecular flexibility index (Phi) is 5.00. The van der Waals surface area contributed by atoms with Crippen LogP contribution in [0.25, 0.3) is 11.3 Å². The molecule has 1 saturated heterocycles. The predicted octanol–water partition coefficient (Wildman–Crippen LogP) is 2.96. The summed E-state index contributed by atoms with van der Waals surface area (Å²) in [5, 5.41) is 7.70. The van der Waals surface area contributed by atoms with Crippen LogP contribution in [0, 0.1) is 17.7 Å². The number of likely N-dealkylation sites (tertiary alicyclic amines) is 1. The molecule has 1 aromatic heterocycles. The first-order valence-electron chi connectivity index (χ1n) is 9.82. The van der Waals surface area contributed by atoms with Gasteiger partial charge in [0, 0.05) is 44.2 Å². The Morgan fingerprint density at radius 1 is 1.30 bits per heavy atom. The lowest BCUT2D eigenvalue weighted by Crippen LogP contribution is -2.45. The maximum Gasteiger partial charge on any atom is 0.223 e. The number of rotatable bonds is 5. The quantitative estimate of drug-likeness (QED) is 0.880. The van der Waals surface area contributed by atoms with E-state index < -0.39 is 0 Å². The second-order valence-electron chi connectivity index (χ2n) is 8.00. The van der Waals surface area contributed by atoms with E-state index in [4.69, 9.17) is 0 Å². The second-order valence-corrected chi connectivity index (χ2v) is 8.00. The van der Waals surface area contributed by atoms with E-state index in [0.29, 0.717) is 23.2 Å². The fourth-order valence-electron chi connectivity index (χ4n) is 3.91. The van der Waals surface area contributed by atoms with Crippen molar-refractivity contribution in [2.75, 3.05) is 13.1 Å². The Balaban J connectivity index is 1.33. The van der Waals surface area contributed by atoms with Crippen molar-refractivity contribution >= 4 is 5.91 Å². The third kappa shape index (κ3) is 4.05. The molecule has 4 rings (SSSR count). The number of amides is 1. The topological polar surface area (TPSA) is 50.2 Å². The van der Waals surface area contributed by atoms with Gasteiger partial charge in [-0.05, 0) is 43.4 Å². The van der Waals surface area contributed by atoms with E-state index in [1.807, 2.05) is 23.9 Å². The Morgan fingerprint density at radius 2 is 2.00 bits per heavy atom. The molecule has 2 atom stereocenters. The lowest BCUT2D eigenvalue weighted by atomic mass is 10.0. The van der Waals surface area contributed by atoms with Crippen LogP contribution in [0.15, 0.2) is 30.3 Å². The number of hydrogen-bond acceptors (Lipinski definition) is 3. The normalized spacial score (nSPS) is 23.4. The molecule has 27 heavy (non-hydrogen) atoms. The molecule has 2 fully saturated rings. The third-order valence-electron chi connectivity index (χ3n) is 5.89. The highest BCUT2D eigenvalue weighted by atomic mass is 19.1. The Morgan fingerprint density at radius 3 is 2.67 bits per heavy atom. The number of carbonyl (C=O) groups excluding carboxylic acids is 1. The molecule has 0 unspecified atom stereocenters. The van der Waals surface area contributed by atoms with Gasteiger partial charge in [0.15, 0.2) is 0 Å². The molecule has 1 aliphatic carbocycles. The van der Waals surface area contributed by atoms with E-state index in [0.717, 1.165) is 44.6 Å². The maximum absolute atomic E-state index is 14.0. The predicted molar refractivity (Wildman–Crippen MR) is 102 cm³/mol. The lowest BCUT2D eigenvalue weighted by molar-refractivity contribution is -0.123. The van der Waals surface area contributed by atoms with E-state index in [1.54, 1.807) is 12.1 Å². The zero-order valence-corrected chi connectivity index (χ0v) is 16.0. The average Bonchev–Trinajstić information content (AvgIpc) is 3.28. The molecule has 6 heteroatoms. The van der Waals surface area contributed by atoms with Crippen LogP contribution in [0.5, 0.6) is 0 Å². The molecular formula is C21H27FN4O. The first-order chi connectivity index (χ1) is 13.0. The van der Waals surface area contributed by atoms with Crippen LogP contribution >= 0.6 is 0 Å². The molecule has 2 aromatic rings. The summed E-state index contributed by atoms with van der Waals surface area (Å²) in [4.78, 5) is 14.5. The number of piperidine rings is 1. The summed E-state index contributed by atoms with van der Waals surface area (Å²) in [7, 11) is 1.91. The fourth-order valence-corrected chi connectivity index (χ4v) is 3.91. The highest BCUT2D eigenvalue weighted by molar-refractivity contribution is 5.81. The van der Waals surface area contributed by atoms with Crippen molar-refractivity contribution in [1.82, 2.24) is 20.0 Å². The highest BCUT2D eigenvalue weighted by Gasteiger charge is 2.39. The summed E-state index contributed by atoms with van der Waals surface area (Å²) in [5.74, 6) is 0.790. The van der Waals surface area contributed by atoms with Gasteiger partial charge >= 0.3 is 0 Å². The molecule has 5 nitrogen and oxygen atoms in total. The number of carbonyl (C=O) groups is 1. The number of halogens is 1. The highest BCUT2D eigenvalue weighted by Crippen LogP contribution is 2.37. The maximum atomic E-state index is 14.0. The van der Waals surface area contributed by atoms with Gasteiger partial charge in [-0.2, -0.15) is 5.10 Å². The first-order valence-corrected chi connectivity index (χ1v) is 9.82. The van der Waals surface area contributed by atoms with Crippen molar-refractivity contribution in [1.29, 1.82) is 0 Å². The number of hydrogen-bond donors (Lipinski definition) is 1. The van der Waals surface area contributed by atoms with Crippen molar-refractivity contribution in [2.24, 2.45) is 18.9 Å². The van der Waals surface area contributed by atoms with E-state index in [9.17, 15) is 9.18 Å². The molecule has 1 aromatic carbocycles. The Hall–Kier alpha value is -2.21. The summed E-state index contributed by atoms with van der Waals surface area (Å²) < 4.78 is 15.9. The second kappa shape index (κ2) is 7.43. The van der Waals surface area contributed by atoms with Crippen LogP contribution in [0.1, 0.15) is 31.9 Å². The van der Waals surface area contributed by atoms with Gasteiger partial charge in [-0.3, -0.25) is 14.4 Å². The minimum absolute atomic E-state index is 0.238. The summed E-state index contributed by atoms with van der Waals surface area (Å²) in [5.41, 5.74) is 2.28. The van der Waals surface area contributed by atoms with E-state index in [1.165, 1.54) is 6.07 Å². The Bertz CT molecular complexity index is 825. The summed E-state index contributed by atoms with van der Waals surface area (Å²) in [6, 6.07) is 9.01. The molecule has 0 bridgehead atoms. The standard InChI is InChI=1S/C21H27FN4O/c1-14-11-18(14)21(27)23-15-7-9-26(10-8-15)13-16-12-20(24-25(16)2)17-5-3-4-6-19(17)22/h3-6,12,14-15,18H,7-11,13H2,1-2H3,(H,23,27)/t14-,18+/m0/s1. The van der Waals surface area contributed by atoms with Crippen molar-refractivity contribution < 1.29 is 9.18 Å². The Labute approximate surface area is 159 Å². The van der Waals surface area contributed by atoms with Crippen LogP contribution < -0.4 is 5.32 Å². The zero-order chi connectivity index (χ0) is 19.0. The van der Waals surface area contributed by atoms with Gasteiger partial charge in [0.2, 0.25) is 5.91 Å². The minimum atomic E-state index is -0.247. The van der Waals surface area contributed by atoms with Gasteiger partial charge in [-0.25, -0.2) is 4.39 Å². The molecule has 1 aliphatic heterocycles. The van der Waals surface area contributed by atoms with Crippen LogP contribution in [0.4, 0.5) is 4.39 Å². The molecule has 2 heterocycles. The van der Waals surface area contributed by atoms with Crippen LogP contribution in [-0.2, 0) is 18.4 Å². The van der Waals surface area contributed by atoms with Gasteiger partial charge in [-0.1, -0.05) is 19.1 Å². The number of nitrogens with one attached hydrogen (secondary N) is 1. The number of aromatic nitrogens is 2. The molecule has 1 N–H and O–H groups in total. The fraction of sp³-hybridized carbons (Fsp3) is 0.524. The molecule has 1 amide bonds. The van der Waals surface area contributed by atoms with E-state index >= 15 is 0 Å².